The van der Waals surface area contributed by atoms with E-state index in [2.05, 4.69) is 15.3 Å². The molecular weight excluding hydrogens is 379 g/mol. The molecule has 0 saturated carbocycles. The lowest BCUT2D eigenvalue weighted by molar-refractivity contribution is -0.384. The van der Waals surface area contributed by atoms with Crippen LogP contribution in [-0.4, -0.2) is 36.9 Å². The molecular formula is C12H16ClN4O7P. The van der Waals surface area contributed by atoms with Crippen molar-refractivity contribution in [2.75, 3.05) is 6.16 Å². The summed E-state index contributed by atoms with van der Waals surface area (Å²) in [6.07, 6.45) is -0.410. The van der Waals surface area contributed by atoms with E-state index in [0.29, 0.717) is 5.56 Å². The van der Waals surface area contributed by atoms with Gasteiger partial charge in [-0.3, -0.25) is 24.3 Å². The maximum atomic E-state index is 11.5. The molecule has 13 heteroatoms. The van der Waals surface area contributed by atoms with Crippen molar-refractivity contribution in [2.45, 2.75) is 19.5 Å². The number of rotatable bonds is 6. The van der Waals surface area contributed by atoms with Crippen molar-refractivity contribution < 1.29 is 19.3 Å². The summed E-state index contributed by atoms with van der Waals surface area (Å²) < 4.78 is 11.0. The summed E-state index contributed by atoms with van der Waals surface area (Å²) in [5, 5.41) is 13.8. The van der Waals surface area contributed by atoms with Crippen molar-refractivity contribution in [1.82, 2.24) is 15.3 Å². The van der Waals surface area contributed by atoms with Gasteiger partial charge in [-0.2, -0.15) is 0 Å². The molecule has 0 bridgehead atoms. The van der Waals surface area contributed by atoms with Gasteiger partial charge in [0.2, 0.25) is 0 Å². The van der Waals surface area contributed by atoms with Crippen LogP contribution in [0.15, 0.2) is 21.7 Å². The number of fused-ring (bicyclic) bond motifs is 1. The second-order valence-electron chi connectivity index (χ2n) is 5.32. The fraction of sp³-hybridized carbons (Fsp3) is 0.333. The second-order valence-corrected chi connectivity index (χ2v) is 7.02. The summed E-state index contributed by atoms with van der Waals surface area (Å²) in [7, 11) is -4.21. The molecule has 1 atom stereocenters. The van der Waals surface area contributed by atoms with E-state index in [1.54, 1.807) is 6.92 Å². The summed E-state index contributed by atoms with van der Waals surface area (Å²) in [4.78, 5) is 55.7. The van der Waals surface area contributed by atoms with Gasteiger partial charge in [0.05, 0.1) is 22.1 Å². The van der Waals surface area contributed by atoms with Crippen LogP contribution in [0.3, 0.4) is 0 Å². The lowest BCUT2D eigenvalue weighted by Crippen LogP contribution is -2.31. The van der Waals surface area contributed by atoms with Crippen LogP contribution in [0.2, 0.25) is 0 Å². The minimum Gasteiger partial charge on any atom is -0.324 e. The third kappa shape index (κ3) is 5.48. The lowest BCUT2D eigenvalue weighted by Gasteiger charge is -2.15. The average molecular weight is 395 g/mol. The molecule has 1 aromatic heterocycles. The highest BCUT2D eigenvalue weighted by atomic mass is 35.5. The van der Waals surface area contributed by atoms with Crippen molar-refractivity contribution in [1.29, 1.82) is 0 Å². The second kappa shape index (κ2) is 7.89. The topological polar surface area (TPSA) is 178 Å². The third-order valence-electron chi connectivity index (χ3n) is 3.26. The van der Waals surface area contributed by atoms with Crippen LogP contribution in [0.4, 0.5) is 5.69 Å². The van der Waals surface area contributed by atoms with Crippen LogP contribution in [0.25, 0.3) is 11.0 Å². The largest absolute Gasteiger partial charge is 0.327 e. The zero-order valence-corrected chi connectivity index (χ0v) is 14.6. The Bertz CT molecular complexity index is 951. The number of hydrogen-bond acceptors (Lipinski definition) is 6. The average Bonchev–Trinajstić information content (AvgIpc) is 2.44. The van der Waals surface area contributed by atoms with E-state index in [0.717, 1.165) is 6.07 Å². The number of nitro benzene ring substituents is 1. The molecule has 1 aromatic carbocycles. The van der Waals surface area contributed by atoms with Gasteiger partial charge in [0.1, 0.15) is 0 Å². The molecule has 0 fully saturated rings. The van der Waals surface area contributed by atoms with E-state index in [1.165, 1.54) is 6.07 Å². The fourth-order valence-corrected chi connectivity index (χ4v) is 3.07. The predicted molar refractivity (Wildman–Crippen MR) is 92.3 cm³/mol. The number of non-ortho nitro benzene ring substituents is 1. The van der Waals surface area contributed by atoms with E-state index in [9.17, 15) is 24.3 Å². The molecule has 0 radical (unpaired) electrons. The number of benzene rings is 1. The maximum absolute atomic E-state index is 11.5. The Morgan fingerprint density at radius 1 is 1.28 bits per heavy atom. The van der Waals surface area contributed by atoms with E-state index in [-0.39, 0.29) is 35.7 Å². The summed E-state index contributed by atoms with van der Waals surface area (Å²) in [5.74, 6) is 0. The van der Waals surface area contributed by atoms with Gasteiger partial charge in [0.25, 0.3) is 5.69 Å². The maximum Gasteiger partial charge on any atom is 0.327 e. The first-order valence-corrected chi connectivity index (χ1v) is 8.58. The molecule has 5 N–H and O–H groups in total. The Morgan fingerprint density at radius 2 is 1.88 bits per heavy atom. The molecule has 11 nitrogen and oxygen atoms in total. The Kier molecular flexibility index (Phi) is 6.63. The van der Waals surface area contributed by atoms with Crippen LogP contribution >= 0.6 is 20.0 Å². The molecule has 2 aromatic rings. The van der Waals surface area contributed by atoms with Crippen molar-refractivity contribution in [3.8, 4) is 0 Å². The Hall–Kier alpha value is -2.04. The van der Waals surface area contributed by atoms with Crippen molar-refractivity contribution in [3.05, 3.63) is 48.5 Å². The summed E-state index contributed by atoms with van der Waals surface area (Å²) >= 11 is 0. The van der Waals surface area contributed by atoms with E-state index >= 15 is 0 Å². The summed E-state index contributed by atoms with van der Waals surface area (Å²) in [6, 6.07) is 1.76. The summed E-state index contributed by atoms with van der Waals surface area (Å²) in [6.45, 7) is 1.55. The number of nitro groups is 1. The third-order valence-corrected chi connectivity index (χ3v) is 4.28. The fourth-order valence-electron chi connectivity index (χ4n) is 2.23. The monoisotopic (exact) mass is 394 g/mol. The summed E-state index contributed by atoms with van der Waals surface area (Å²) in [5.41, 5.74) is -1.51. The molecule has 1 heterocycles. The first-order valence-electron chi connectivity index (χ1n) is 6.78. The predicted octanol–water partition coefficient (Wildman–Crippen LogP) is 0.202. The van der Waals surface area contributed by atoms with Crippen LogP contribution in [0, 0.1) is 10.1 Å². The number of aromatic nitrogens is 2. The van der Waals surface area contributed by atoms with Crippen molar-refractivity contribution in [2.24, 2.45) is 0 Å². The number of aromatic amines is 2. The van der Waals surface area contributed by atoms with Gasteiger partial charge in [-0.1, -0.05) is 0 Å². The highest BCUT2D eigenvalue weighted by Crippen LogP contribution is 2.34. The van der Waals surface area contributed by atoms with Gasteiger partial charge in [-0.25, -0.2) is 0 Å². The molecule has 0 saturated heterocycles. The van der Waals surface area contributed by atoms with Crippen molar-refractivity contribution in [3.63, 3.8) is 0 Å². The SMILES string of the molecule is C[C@@H](CP(=O)(O)O)NCc1cc([N+](=O)[O-])cc2[nH]c(=O)c(=O)[nH]c12.Cl. The van der Waals surface area contributed by atoms with Gasteiger partial charge >= 0.3 is 18.7 Å². The smallest absolute Gasteiger partial charge is 0.324 e. The zero-order chi connectivity index (χ0) is 18.1. The van der Waals surface area contributed by atoms with Gasteiger partial charge in [0, 0.05) is 24.7 Å². The number of hydrogen-bond donors (Lipinski definition) is 5. The van der Waals surface area contributed by atoms with Crippen LogP contribution in [0.5, 0.6) is 0 Å². The Morgan fingerprint density at radius 3 is 2.44 bits per heavy atom. The van der Waals surface area contributed by atoms with E-state index < -0.39 is 35.8 Å². The molecule has 2 rings (SSSR count). The number of halogens is 1. The molecule has 0 aliphatic rings. The van der Waals surface area contributed by atoms with Gasteiger partial charge in [0.15, 0.2) is 0 Å². The molecule has 138 valence electrons. The van der Waals surface area contributed by atoms with Gasteiger partial charge in [-0.05, 0) is 12.5 Å². The minimum atomic E-state index is -4.21. The van der Waals surface area contributed by atoms with Crippen LogP contribution in [-0.2, 0) is 11.1 Å². The standard InChI is InChI=1S/C12H15N4O7P.ClH/c1-6(5-24(21,22)23)13-4-7-2-8(16(19)20)3-9-10(7)15-12(18)11(17)14-9;/h2-3,6,13H,4-5H2,1H3,(H,14,17)(H,15,18)(H2,21,22,23);1H/t6-;/m0./s1. The first kappa shape index (κ1) is 21.0. The number of H-pyrrole nitrogens is 2. The van der Waals surface area contributed by atoms with Crippen LogP contribution < -0.4 is 16.4 Å². The van der Waals surface area contributed by atoms with Crippen molar-refractivity contribution >= 4 is 36.7 Å². The molecule has 0 aliphatic carbocycles. The normalized spacial score (nSPS) is 12.6. The highest BCUT2D eigenvalue weighted by Gasteiger charge is 2.19. The Balaban J connectivity index is 0.00000312. The van der Waals surface area contributed by atoms with Gasteiger partial charge in [-0.15, -0.1) is 12.4 Å². The minimum absolute atomic E-state index is 0. The molecule has 0 spiro atoms. The Labute approximate surface area is 146 Å². The van der Waals surface area contributed by atoms with E-state index in [4.69, 9.17) is 9.79 Å². The zero-order valence-electron chi connectivity index (χ0n) is 12.9. The lowest BCUT2D eigenvalue weighted by atomic mass is 10.1. The molecule has 0 unspecified atom stereocenters. The number of nitrogens with zero attached hydrogens (tertiary/aromatic N) is 1. The van der Waals surface area contributed by atoms with Crippen LogP contribution in [0.1, 0.15) is 12.5 Å². The number of nitrogens with one attached hydrogen (secondary N) is 3. The molecule has 0 amide bonds. The van der Waals surface area contributed by atoms with Gasteiger partial charge < -0.3 is 25.1 Å². The first-order chi connectivity index (χ1) is 11.1. The highest BCUT2D eigenvalue weighted by molar-refractivity contribution is 7.51. The van der Waals surface area contributed by atoms with E-state index in [1.807, 2.05) is 0 Å². The molecule has 0 aliphatic heterocycles. The quantitative estimate of drug-likeness (QED) is 0.199. The molecule has 25 heavy (non-hydrogen) atoms.